The van der Waals surface area contributed by atoms with Crippen LogP contribution in [0.2, 0.25) is 0 Å². The number of aryl methyl sites for hydroxylation is 1. The highest BCUT2D eigenvalue weighted by Gasteiger charge is 2.18. The topological polar surface area (TPSA) is 93.2 Å². The second-order valence-corrected chi connectivity index (χ2v) is 8.73. The third-order valence-electron chi connectivity index (χ3n) is 4.59. The van der Waals surface area contributed by atoms with E-state index in [2.05, 4.69) is 9.71 Å². The quantitative estimate of drug-likeness (QED) is 0.486. The van der Waals surface area contributed by atoms with E-state index in [9.17, 15) is 22.0 Å². The molecule has 10 heteroatoms. The number of aromatic amines is 1. The van der Waals surface area contributed by atoms with Gasteiger partial charge in [0, 0.05) is 47.7 Å². The van der Waals surface area contributed by atoms with E-state index in [0.717, 1.165) is 18.4 Å². The molecule has 2 heterocycles. The molecular formula is C21H17F2N3O4S. The SMILES string of the molecule is Cn1cc(-c2cc(NS(C)(=O)=O)ccc2Oc2ccc(F)cc2F)c2cc[nH]c(=O)c21. The van der Waals surface area contributed by atoms with Gasteiger partial charge in [0.15, 0.2) is 11.6 Å². The number of H-pyrrole nitrogens is 1. The molecule has 0 fully saturated rings. The van der Waals surface area contributed by atoms with E-state index >= 15 is 0 Å². The predicted octanol–water partition coefficient (Wildman–Crippen LogP) is 3.98. The van der Waals surface area contributed by atoms with E-state index in [1.807, 2.05) is 0 Å². The Bertz CT molecular complexity index is 1480. The average molecular weight is 445 g/mol. The standard InChI is InChI=1S/C21H17F2N3O4S/c1-26-11-16(14-7-8-24-21(27)20(14)26)15-10-13(25-31(2,28)29)4-6-18(15)30-19-5-3-12(22)9-17(19)23/h3-11,25H,1-2H3,(H,24,27). The predicted molar refractivity (Wildman–Crippen MR) is 114 cm³/mol. The minimum absolute atomic E-state index is 0.192. The lowest BCUT2D eigenvalue weighted by molar-refractivity contribution is 0.439. The van der Waals surface area contributed by atoms with Crippen molar-refractivity contribution in [1.82, 2.24) is 9.55 Å². The molecule has 0 aliphatic rings. The van der Waals surface area contributed by atoms with Crippen molar-refractivity contribution in [2.75, 3.05) is 11.0 Å². The molecule has 0 aliphatic heterocycles. The molecule has 0 atom stereocenters. The highest BCUT2D eigenvalue weighted by Crippen LogP contribution is 2.39. The van der Waals surface area contributed by atoms with Gasteiger partial charge in [0.1, 0.15) is 17.1 Å². The second kappa shape index (κ2) is 7.55. The number of sulfonamides is 1. The number of halogens is 2. The fourth-order valence-corrected chi connectivity index (χ4v) is 3.92. The lowest BCUT2D eigenvalue weighted by Crippen LogP contribution is -2.09. The molecule has 0 amide bonds. The molecule has 2 aromatic heterocycles. The van der Waals surface area contributed by atoms with Gasteiger partial charge in [-0.2, -0.15) is 0 Å². The van der Waals surface area contributed by atoms with Gasteiger partial charge in [0.05, 0.1) is 6.26 Å². The third-order valence-corrected chi connectivity index (χ3v) is 5.19. The van der Waals surface area contributed by atoms with Gasteiger partial charge >= 0.3 is 0 Å². The first kappa shape index (κ1) is 20.6. The van der Waals surface area contributed by atoms with Crippen LogP contribution in [0.15, 0.2) is 59.7 Å². The van der Waals surface area contributed by atoms with Crippen molar-refractivity contribution >= 4 is 26.6 Å². The molecule has 0 radical (unpaired) electrons. The van der Waals surface area contributed by atoms with Crippen LogP contribution in [0, 0.1) is 11.6 Å². The molecule has 2 aromatic carbocycles. The van der Waals surface area contributed by atoms with E-state index < -0.39 is 21.7 Å². The van der Waals surface area contributed by atoms with Gasteiger partial charge in [-0.1, -0.05) is 0 Å². The Labute approximate surface area is 176 Å². The van der Waals surface area contributed by atoms with Crippen molar-refractivity contribution in [3.63, 3.8) is 0 Å². The first-order valence-corrected chi connectivity index (χ1v) is 10.9. The van der Waals surface area contributed by atoms with Crippen LogP contribution in [0.5, 0.6) is 11.5 Å². The number of hydrogen-bond donors (Lipinski definition) is 2. The number of fused-ring (bicyclic) bond motifs is 1. The molecule has 0 spiro atoms. The number of hydrogen-bond acceptors (Lipinski definition) is 4. The number of nitrogens with one attached hydrogen (secondary N) is 2. The van der Waals surface area contributed by atoms with Crippen molar-refractivity contribution < 1.29 is 21.9 Å². The van der Waals surface area contributed by atoms with Crippen molar-refractivity contribution in [2.45, 2.75) is 0 Å². The van der Waals surface area contributed by atoms with Gasteiger partial charge in [-0.05, 0) is 36.4 Å². The third kappa shape index (κ3) is 4.15. The Hall–Kier alpha value is -3.66. The summed E-state index contributed by atoms with van der Waals surface area (Å²) < 4.78 is 60.5. The number of ether oxygens (including phenoxy) is 1. The zero-order valence-electron chi connectivity index (χ0n) is 16.4. The van der Waals surface area contributed by atoms with E-state index in [0.29, 0.717) is 28.1 Å². The van der Waals surface area contributed by atoms with Crippen LogP contribution in [0.3, 0.4) is 0 Å². The molecule has 4 rings (SSSR count). The molecule has 0 aliphatic carbocycles. The summed E-state index contributed by atoms with van der Waals surface area (Å²) in [5, 5.41) is 0.590. The molecule has 7 nitrogen and oxygen atoms in total. The Kier molecular flexibility index (Phi) is 5.02. The van der Waals surface area contributed by atoms with Crippen LogP contribution in [0.1, 0.15) is 0 Å². The molecule has 31 heavy (non-hydrogen) atoms. The summed E-state index contributed by atoms with van der Waals surface area (Å²) in [5.41, 5.74) is 1.33. The summed E-state index contributed by atoms with van der Waals surface area (Å²) in [5.74, 6) is -1.65. The van der Waals surface area contributed by atoms with Crippen molar-refractivity contribution in [3.05, 3.63) is 76.8 Å². The Balaban J connectivity index is 1.93. The summed E-state index contributed by atoms with van der Waals surface area (Å²) in [7, 11) is -1.86. The van der Waals surface area contributed by atoms with Gasteiger partial charge in [0.25, 0.3) is 5.56 Å². The van der Waals surface area contributed by atoms with Crippen LogP contribution < -0.4 is 15.0 Å². The molecule has 0 saturated carbocycles. The van der Waals surface area contributed by atoms with Crippen molar-refractivity contribution in [3.8, 4) is 22.6 Å². The Morgan fingerprint density at radius 1 is 1.03 bits per heavy atom. The average Bonchev–Trinajstić information content (AvgIpc) is 3.01. The zero-order valence-corrected chi connectivity index (χ0v) is 17.3. The lowest BCUT2D eigenvalue weighted by Gasteiger charge is -2.14. The fourth-order valence-electron chi connectivity index (χ4n) is 3.36. The maximum absolute atomic E-state index is 14.2. The smallest absolute Gasteiger partial charge is 0.272 e. The van der Waals surface area contributed by atoms with Gasteiger partial charge in [-0.3, -0.25) is 9.52 Å². The van der Waals surface area contributed by atoms with Gasteiger partial charge in [-0.15, -0.1) is 0 Å². The minimum Gasteiger partial charge on any atom is -0.454 e. The van der Waals surface area contributed by atoms with Crippen LogP contribution in [0.4, 0.5) is 14.5 Å². The molecule has 4 aromatic rings. The second-order valence-electron chi connectivity index (χ2n) is 6.98. The molecular weight excluding hydrogens is 428 g/mol. The van der Waals surface area contributed by atoms with Crippen LogP contribution in [-0.2, 0) is 17.1 Å². The normalized spacial score (nSPS) is 11.6. The van der Waals surface area contributed by atoms with E-state index in [-0.39, 0.29) is 22.7 Å². The molecule has 0 bridgehead atoms. The van der Waals surface area contributed by atoms with E-state index in [1.165, 1.54) is 24.4 Å². The maximum atomic E-state index is 14.2. The van der Waals surface area contributed by atoms with Gasteiger partial charge in [0.2, 0.25) is 10.0 Å². The number of nitrogens with zero attached hydrogens (tertiary/aromatic N) is 1. The largest absolute Gasteiger partial charge is 0.454 e. The summed E-state index contributed by atoms with van der Waals surface area (Å²) in [6, 6.07) is 9.07. The number of pyridine rings is 1. The Morgan fingerprint density at radius 3 is 2.48 bits per heavy atom. The summed E-state index contributed by atoms with van der Waals surface area (Å²) in [4.78, 5) is 14.9. The zero-order chi connectivity index (χ0) is 22.3. The molecule has 160 valence electrons. The van der Waals surface area contributed by atoms with Crippen LogP contribution in [-0.4, -0.2) is 24.2 Å². The van der Waals surface area contributed by atoms with Crippen molar-refractivity contribution in [2.24, 2.45) is 7.05 Å². The Morgan fingerprint density at radius 2 is 1.77 bits per heavy atom. The molecule has 0 unspecified atom stereocenters. The first-order chi connectivity index (χ1) is 14.6. The molecule has 0 saturated heterocycles. The number of aromatic nitrogens is 2. The maximum Gasteiger partial charge on any atom is 0.272 e. The highest BCUT2D eigenvalue weighted by molar-refractivity contribution is 7.92. The lowest BCUT2D eigenvalue weighted by atomic mass is 10.0. The highest BCUT2D eigenvalue weighted by atomic mass is 32.2. The van der Waals surface area contributed by atoms with Crippen LogP contribution >= 0.6 is 0 Å². The monoisotopic (exact) mass is 445 g/mol. The van der Waals surface area contributed by atoms with Crippen LogP contribution in [0.25, 0.3) is 22.0 Å². The van der Waals surface area contributed by atoms with E-state index in [4.69, 9.17) is 4.74 Å². The minimum atomic E-state index is -3.56. The summed E-state index contributed by atoms with van der Waals surface area (Å²) in [6.07, 6.45) is 4.20. The first-order valence-electron chi connectivity index (χ1n) is 9.04. The number of benzene rings is 2. The number of rotatable bonds is 5. The fraction of sp³-hybridized carbons (Fsp3) is 0.0952. The van der Waals surface area contributed by atoms with Gasteiger partial charge < -0.3 is 14.3 Å². The number of anilines is 1. The summed E-state index contributed by atoms with van der Waals surface area (Å²) in [6.45, 7) is 0. The summed E-state index contributed by atoms with van der Waals surface area (Å²) >= 11 is 0. The van der Waals surface area contributed by atoms with Gasteiger partial charge in [-0.25, -0.2) is 17.2 Å². The molecule has 2 N–H and O–H groups in total. The van der Waals surface area contributed by atoms with E-state index in [1.54, 1.807) is 23.9 Å². The van der Waals surface area contributed by atoms with Crippen molar-refractivity contribution in [1.29, 1.82) is 0 Å².